The van der Waals surface area contributed by atoms with Crippen molar-refractivity contribution in [2.75, 3.05) is 0 Å². The van der Waals surface area contributed by atoms with Crippen LogP contribution in [-0.4, -0.2) is 19.1 Å². The maximum atomic E-state index is 9.98. The predicted molar refractivity (Wildman–Crippen MR) is 35.2 cm³/mol. The van der Waals surface area contributed by atoms with Crippen molar-refractivity contribution < 1.29 is 46.7 Å². The predicted octanol–water partition coefficient (Wildman–Crippen LogP) is -2.34. The van der Waals surface area contributed by atoms with Crippen LogP contribution in [0.2, 0.25) is 0 Å². The molecule has 4 nitrogen and oxygen atoms in total. The van der Waals surface area contributed by atoms with Crippen LogP contribution in [0.3, 0.4) is 0 Å². The Hall–Kier alpha value is 0.870. The van der Waals surface area contributed by atoms with Gasteiger partial charge >= 0.3 is 29.6 Å². The zero-order valence-electron chi connectivity index (χ0n) is 7.03. The van der Waals surface area contributed by atoms with Gasteiger partial charge in [-0.25, -0.2) is 8.42 Å². The van der Waals surface area contributed by atoms with Gasteiger partial charge in [0.15, 0.2) is 0 Å². The molecule has 0 atom stereocenters. The van der Waals surface area contributed by atoms with Crippen LogP contribution < -0.4 is 29.6 Å². The van der Waals surface area contributed by atoms with E-state index in [0.717, 1.165) is 0 Å². The Bertz CT molecular complexity index is 173. The summed E-state index contributed by atoms with van der Waals surface area (Å²) in [7, 11) is -4.50. The van der Waals surface area contributed by atoms with E-state index < -0.39 is 16.5 Å². The van der Waals surface area contributed by atoms with Crippen LogP contribution in [-0.2, 0) is 14.6 Å². The summed E-state index contributed by atoms with van der Waals surface area (Å²) in [4.78, 5) is 0. The van der Waals surface area contributed by atoms with Gasteiger partial charge in [0.05, 0.1) is 6.10 Å². The maximum Gasteiger partial charge on any atom is 1.00 e. The Morgan fingerprint density at radius 2 is 1.73 bits per heavy atom. The molecular formula is C5H11NaO4S. The van der Waals surface area contributed by atoms with Crippen LogP contribution in [0.25, 0.3) is 0 Å². The minimum atomic E-state index is -4.50. The van der Waals surface area contributed by atoms with Crippen molar-refractivity contribution in [3.63, 3.8) is 0 Å². The van der Waals surface area contributed by atoms with Crippen LogP contribution in [0.15, 0.2) is 0 Å². The molecule has 0 N–H and O–H groups in total. The fourth-order valence-corrected chi connectivity index (χ4v) is 1.20. The molecule has 0 unspecified atom stereocenters. The molecule has 0 saturated heterocycles. The number of rotatable bonds is 4. The molecule has 0 aromatic rings. The number of hydrogen-bond donors (Lipinski definition) is 0. The molecule has 0 spiro atoms. The van der Waals surface area contributed by atoms with E-state index in [4.69, 9.17) is 0 Å². The van der Waals surface area contributed by atoms with Crippen molar-refractivity contribution in [1.29, 1.82) is 0 Å². The molecule has 0 amide bonds. The smallest absolute Gasteiger partial charge is 0.726 e. The van der Waals surface area contributed by atoms with Gasteiger partial charge in [-0.3, -0.25) is 4.18 Å². The van der Waals surface area contributed by atoms with E-state index in [2.05, 4.69) is 4.18 Å². The van der Waals surface area contributed by atoms with Gasteiger partial charge in [0.2, 0.25) is 10.4 Å². The van der Waals surface area contributed by atoms with Crippen LogP contribution in [0.4, 0.5) is 0 Å². The third kappa shape index (κ3) is 8.78. The summed E-state index contributed by atoms with van der Waals surface area (Å²) < 4.78 is 34.1. The molecule has 62 valence electrons. The molecule has 0 aliphatic rings. The Morgan fingerprint density at radius 3 is 1.82 bits per heavy atom. The van der Waals surface area contributed by atoms with Gasteiger partial charge in [-0.05, 0) is 12.8 Å². The van der Waals surface area contributed by atoms with Crippen molar-refractivity contribution >= 4 is 10.4 Å². The second-order valence-electron chi connectivity index (χ2n) is 1.94. The standard InChI is InChI=1S/C5H12O4S.Na/c1-3-5(4-2)9-10(6,7)8;/h5H,3-4H2,1-2H3,(H,6,7,8);/q;+1/p-1. The van der Waals surface area contributed by atoms with Crippen LogP contribution in [0.5, 0.6) is 0 Å². The molecule has 0 aromatic carbocycles. The summed E-state index contributed by atoms with van der Waals surface area (Å²) in [5.74, 6) is 0. The second kappa shape index (κ2) is 6.39. The summed E-state index contributed by atoms with van der Waals surface area (Å²) >= 11 is 0. The summed E-state index contributed by atoms with van der Waals surface area (Å²) in [6, 6.07) is 0. The molecule has 0 rings (SSSR count). The molecule has 0 heterocycles. The van der Waals surface area contributed by atoms with Gasteiger partial charge in [-0.1, -0.05) is 13.8 Å². The van der Waals surface area contributed by atoms with Crippen LogP contribution in [0, 0.1) is 0 Å². The van der Waals surface area contributed by atoms with Gasteiger partial charge in [0, 0.05) is 0 Å². The van der Waals surface area contributed by atoms with Crippen molar-refractivity contribution in [3.8, 4) is 0 Å². The van der Waals surface area contributed by atoms with E-state index in [-0.39, 0.29) is 29.6 Å². The van der Waals surface area contributed by atoms with E-state index in [0.29, 0.717) is 12.8 Å². The minimum Gasteiger partial charge on any atom is -0.726 e. The Morgan fingerprint density at radius 1 is 1.36 bits per heavy atom. The maximum absolute atomic E-state index is 9.98. The van der Waals surface area contributed by atoms with Gasteiger partial charge in [-0.2, -0.15) is 0 Å². The van der Waals surface area contributed by atoms with Crippen molar-refractivity contribution in [3.05, 3.63) is 0 Å². The summed E-state index contributed by atoms with van der Waals surface area (Å²) in [6.45, 7) is 3.53. The largest absolute Gasteiger partial charge is 1.00 e. The van der Waals surface area contributed by atoms with E-state index in [1.54, 1.807) is 13.8 Å². The van der Waals surface area contributed by atoms with E-state index in [9.17, 15) is 13.0 Å². The van der Waals surface area contributed by atoms with Crippen LogP contribution >= 0.6 is 0 Å². The topological polar surface area (TPSA) is 66.4 Å². The van der Waals surface area contributed by atoms with Crippen LogP contribution in [0.1, 0.15) is 26.7 Å². The third-order valence-corrected chi connectivity index (χ3v) is 1.67. The Balaban J connectivity index is 0. The minimum absolute atomic E-state index is 0. The third-order valence-electron chi connectivity index (χ3n) is 1.16. The summed E-state index contributed by atoms with van der Waals surface area (Å²) in [5.41, 5.74) is 0. The van der Waals surface area contributed by atoms with Gasteiger partial charge in [0.25, 0.3) is 0 Å². The molecule has 6 heteroatoms. The fourth-order valence-electron chi connectivity index (χ4n) is 0.591. The average Bonchev–Trinajstić information content (AvgIpc) is 1.81. The molecule has 0 aliphatic heterocycles. The SMILES string of the molecule is CCC(CC)OS(=O)(=O)[O-].[Na+]. The average molecular weight is 190 g/mol. The molecule has 11 heavy (non-hydrogen) atoms. The van der Waals surface area contributed by atoms with E-state index in [1.807, 2.05) is 0 Å². The first-order chi connectivity index (χ1) is 4.49. The molecule has 0 saturated carbocycles. The molecule has 0 aliphatic carbocycles. The fraction of sp³-hybridized carbons (Fsp3) is 1.00. The molecule has 0 radical (unpaired) electrons. The van der Waals surface area contributed by atoms with Gasteiger partial charge in [-0.15, -0.1) is 0 Å². The Labute approximate surface area is 89.6 Å². The second-order valence-corrected chi connectivity index (χ2v) is 2.95. The molecular weight excluding hydrogens is 179 g/mol. The number of hydrogen-bond acceptors (Lipinski definition) is 4. The van der Waals surface area contributed by atoms with Gasteiger partial charge in [0.1, 0.15) is 0 Å². The zero-order chi connectivity index (χ0) is 8.20. The quantitative estimate of drug-likeness (QED) is 0.283. The van der Waals surface area contributed by atoms with E-state index in [1.165, 1.54) is 0 Å². The van der Waals surface area contributed by atoms with Crippen molar-refractivity contribution in [1.82, 2.24) is 0 Å². The molecule has 0 bridgehead atoms. The summed E-state index contributed by atoms with van der Waals surface area (Å²) in [5, 5.41) is 0. The zero-order valence-corrected chi connectivity index (χ0v) is 9.85. The molecule has 0 fully saturated rings. The normalized spacial score (nSPS) is 11.3. The first-order valence-electron chi connectivity index (χ1n) is 3.13. The first-order valence-corrected chi connectivity index (χ1v) is 4.47. The molecule has 0 aromatic heterocycles. The van der Waals surface area contributed by atoms with Crippen molar-refractivity contribution in [2.24, 2.45) is 0 Å². The monoisotopic (exact) mass is 190 g/mol. The van der Waals surface area contributed by atoms with Gasteiger partial charge < -0.3 is 4.55 Å². The van der Waals surface area contributed by atoms with E-state index >= 15 is 0 Å². The summed E-state index contributed by atoms with van der Waals surface area (Å²) in [6.07, 6.45) is 0.623. The van der Waals surface area contributed by atoms with Crippen molar-refractivity contribution in [2.45, 2.75) is 32.8 Å². The first kappa shape index (κ1) is 14.4. The Kier molecular flexibility index (Phi) is 8.37.